The Morgan fingerprint density at radius 1 is 1.35 bits per heavy atom. The molecular formula is C13H12N4O3. The molecule has 0 saturated carbocycles. The van der Waals surface area contributed by atoms with Gasteiger partial charge in [0.2, 0.25) is 5.91 Å². The Morgan fingerprint density at radius 3 is 2.85 bits per heavy atom. The topological polar surface area (TPSA) is 84.3 Å². The molecule has 0 bridgehead atoms. The van der Waals surface area contributed by atoms with Crippen molar-refractivity contribution in [2.24, 2.45) is 7.05 Å². The molecule has 2 aromatic rings. The second-order valence-corrected chi connectivity index (χ2v) is 4.65. The fourth-order valence-corrected chi connectivity index (χ4v) is 2.33. The minimum Gasteiger partial charge on any atom is -0.298 e. The zero-order chi connectivity index (χ0) is 14.3. The van der Waals surface area contributed by atoms with E-state index in [9.17, 15) is 14.4 Å². The van der Waals surface area contributed by atoms with Gasteiger partial charge in [0, 0.05) is 37.2 Å². The third-order valence-corrected chi connectivity index (χ3v) is 3.21. The van der Waals surface area contributed by atoms with E-state index < -0.39 is 6.03 Å². The summed E-state index contributed by atoms with van der Waals surface area (Å²) in [5.74, 6) is -0.296. The van der Waals surface area contributed by atoms with E-state index in [-0.39, 0.29) is 18.9 Å². The van der Waals surface area contributed by atoms with E-state index in [1.54, 1.807) is 30.1 Å². The monoisotopic (exact) mass is 272 g/mol. The quantitative estimate of drug-likeness (QED) is 0.821. The first-order valence-electron chi connectivity index (χ1n) is 6.12. The Labute approximate surface area is 114 Å². The first-order chi connectivity index (χ1) is 9.58. The number of aldehydes is 1. The van der Waals surface area contributed by atoms with Crippen LogP contribution in [0, 0.1) is 0 Å². The van der Waals surface area contributed by atoms with Crippen LogP contribution in [-0.4, -0.2) is 34.5 Å². The van der Waals surface area contributed by atoms with Gasteiger partial charge in [-0.1, -0.05) is 0 Å². The lowest BCUT2D eigenvalue weighted by atomic mass is 10.1. The maximum atomic E-state index is 11.9. The molecule has 7 nitrogen and oxygen atoms in total. The van der Waals surface area contributed by atoms with Crippen molar-refractivity contribution < 1.29 is 14.4 Å². The van der Waals surface area contributed by atoms with Crippen molar-refractivity contribution in [3.8, 4) is 0 Å². The number of urea groups is 1. The van der Waals surface area contributed by atoms with E-state index in [4.69, 9.17) is 0 Å². The first-order valence-corrected chi connectivity index (χ1v) is 6.12. The lowest BCUT2D eigenvalue weighted by Gasteiger charge is -2.26. The highest BCUT2D eigenvalue weighted by atomic mass is 16.2. The molecule has 3 amide bonds. The van der Waals surface area contributed by atoms with Crippen LogP contribution in [0.15, 0.2) is 18.3 Å². The number of nitrogens with one attached hydrogen (secondary N) is 1. The zero-order valence-electron chi connectivity index (χ0n) is 10.8. The average molecular weight is 272 g/mol. The number of nitrogens with zero attached hydrogens (tertiary/aromatic N) is 3. The number of carbonyl (C=O) groups is 3. The van der Waals surface area contributed by atoms with Crippen molar-refractivity contribution in [3.63, 3.8) is 0 Å². The molecule has 20 heavy (non-hydrogen) atoms. The van der Waals surface area contributed by atoms with Crippen LogP contribution < -0.4 is 10.2 Å². The summed E-state index contributed by atoms with van der Waals surface area (Å²) in [5.41, 5.74) is 1.63. The van der Waals surface area contributed by atoms with Crippen LogP contribution in [0.1, 0.15) is 16.8 Å². The molecule has 0 radical (unpaired) electrons. The van der Waals surface area contributed by atoms with Crippen LogP contribution in [0.5, 0.6) is 0 Å². The summed E-state index contributed by atoms with van der Waals surface area (Å²) in [7, 11) is 1.77. The standard InChI is InChI=1S/C13H12N4O3/c1-16-6-9-4-8(7-18)5-10(12(9)15-16)17-3-2-11(19)14-13(17)20/h4-7H,2-3H2,1H3,(H,14,19,20). The number of hydrogen-bond donors (Lipinski definition) is 1. The van der Waals surface area contributed by atoms with Gasteiger partial charge in [-0.25, -0.2) is 4.79 Å². The van der Waals surface area contributed by atoms with Crippen molar-refractivity contribution in [1.82, 2.24) is 15.1 Å². The molecule has 0 unspecified atom stereocenters. The number of carbonyl (C=O) groups excluding carboxylic acids is 3. The number of benzene rings is 1. The minimum atomic E-state index is -0.490. The van der Waals surface area contributed by atoms with Gasteiger partial charge in [0.1, 0.15) is 11.8 Å². The average Bonchev–Trinajstić information content (AvgIpc) is 2.78. The predicted molar refractivity (Wildman–Crippen MR) is 71.6 cm³/mol. The van der Waals surface area contributed by atoms with E-state index >= 15 is 0 Å². The number of fused-ring (bicyclic) bond motifs is 1. The van der Waals surface area contributed by atoms with Gasteiger partial charge in [-0.2, -0.15) is 5.10 Å². The Hall–Kier alpha value is -2.70. The number of rotatable bonds is 2. The predicted octanol–water partition coefficient (Wildman–Crippen LogP) is 0.832. The number of anilines is 1. The smallest absolute Gasteiger partial charge is 0.298 e. The molecule has 0 atom stereocenters. The molecule has 1 N–H and O–H groups in total. The van der Waals surface area contributed by atoms with E-state index in [0.717, 1.165) is 11.7 Å². The van der Waals surface area contributed by atoms with E-state index in [2.05, 4.69) is 10.4 Å². The highest BCUT2D eigenvalue weighted by molar-refractivity contribution is 6.10. The van der Waals surface area contributed by atoms with Crippen LogP contribution in [0.3, 0.4) is 0 Å². The van der Waals surface area contributed by atoms with Crippen molar-refractivity contribution in [2.75, 3.05) is 11.4 Å². The summed E-state index contributed by atoms with van der Waals surface area (Å²) >= 11 is 0. The van der Waals surface area contributed by atoms with Crippen LogP contribution >= 0.6 is 0 Å². The Balaban J connectivity index is 2.16. The van der Waals surface area contributed by atoms with Gasteiger partial charge in [-0.05, 0) is 12.1 Å². The Kier molecular flexibility index (Phi) is 2.74. The van der Waals surface area contributed by atoms with E-state index in [1.807, 2.05) is 0 Å². The lowest BCUT2D eigenvalue weighted by Crippen LogP contribution is -2.49. The molecule has 1 saturated heterocycles. The van der Waals surface area contributed by atoms with Crippen LogP contribution in [0.25, 0.3) is 10.9 Å². The van der Waals surface area contributed by atoms with Gasteiger partial charge >= 0.3 is 6.03 Å². The fraction of sp³-hybridized carbons (Fsp3) is 0.231. The highest BCUT2D eigenvalue weighted by Crippen LogP contribution is 2.28. The summed E-state index contributed by atoms with van der Waals surface area (Å²) in [6.45, 7) is 0.276. The zero-order valence-corrected chi connectivity index (χ0v) is 10.8. The number of aromatic nitrogens is 2. The Bertz CT molecular complexity index is 735. The molecule has 1 fully saturated rings. The van der Waals surface area contributed by atoms with Crippen LogP contribution in [0.2, 0.25) is 0 Å². The SMILES string of the molecule is Cn1cc2cc(C=O)cc(N3CCC(=O)NC3=O)c2n1. The van der Waals surface area contributed by atoms with E-state index in [0.29, 0.717) is 16.8 Å². The normalized spacial score (nSPS) is 15.6. The van der Waals surface area contributed by atoms with Crippen molar-refractivity contribution in [2.45, 2.75) is 6.42 Å². The largest absolute Gasteiger partial charge is 0.328 e. The molecule has 2 heterocycles. The maximum absolute atomic E-state index is 11.9. The highest BCUT2D eigenvalue weighted by Gasteiger charge is 2.26. The molecular weight excluding hydrogens is 260 g/mol. The number of aryl methyl sites for hydroxylation is 1. The van der Waals surface area contributed by atoms with Gasteiger partial charge < -0.3 is 0 Å². The number of hydrogen-bond acceptors (Lipinski definition) is 4. The molecule has 1 aliphatic heterocycles. The number of amides is 3. The first kappa shape index (κ1) is 12.3. The summed E-state index contributed by atoms with van der Waals surface area (Å²) < 4.78 is 1.62. The Morgan fingerprint density at radius 2 is 2.15 bits per heavy atom. The summed E-state index contributed by atoms with van der Waals surface area (Å²) in [6, 6.07) is 2.83. The van der Waals surface area contributed by atoms with Gasteiger partial charge in [-0.15, -0.1) is 0 Å². The maximum Gasteiger partial charge on any atom is 0.328 e. The van der Waals surface area contributed by atoms with Gasteiger partial charge in [-0.3, -0.25) is 24.5 Å². The van der Waals surface area contributed by atoms with Crippen molar-refractivity contribution >= 4 is 34.8 Å². The summed E-state index contributed by atoms with van der Waals surface area (Å²) in [4.78, 5) is 35.6. The van der Waals surface area contributed by atoms with E-state index in [1.165, 1.54) is 4.90 Å². The summed E-state index contributed by atoms with van der Waals surface area (Å²) in [6.07, 6.45) is 2.73. The summed E-state index contributed by atoms with van der Waals surface area (Å²) in [5, 5.41) is 7.35. The van der Waals surface area contributed by atoms with Crippen molar-refractivity contribution in [1.29, 1.82) is 0 Å². The lowest BCUT2D eigenvalue weighted by molar-refractivity contribution is -0.120. The molecule has 1 aliphatic rings. The van der Waals surface area contributed by atoms with Gasteiger partial charge in [0.25, 0.3) is 0 Å². The number of imide groups is 1. The van der Waals surface area contributed by atoms with Crippen LogP contribution in [-0.2, 0) is 11.8 Å². The fourth-order valence-electron chi connectivity index (χ4n) is 2.33. The third-order valence-electron chi connectivity index (χ3n) is 3.21. The molecule has 1 aromatic heterocycles. The second-order valence-electron chi connectivity index (χ2n) is 4.65. The molecule has 7 heteroatoms. The molecule has 0 spiro atoms. The second kappa shape index (κ2) is 4.44. The minimum absolute atomic E-state index is 0.228. The molecule has 1 aromatic carbocycles. The van der Waals surface area contributed by atoms with Crippen molar-refractivity contribution in [3.05, 3.63) is 23.9 Å². The van der Waals surface area contributed by atoms with Gasteiger partial charge in [0.05, 0.1) is 5.69 Å². The van der Waals surface area contributed by atoms with Crippen LogP contribution in [0.4, 0.5) is 10.5 Å². The molecule has 102 valence electrons. The third kappa shape index (κ3) is 1.93. The molecule has 3 rings (SSSR count). The molecule has 0 aliphatic carbocycles. The van der Waals surface area contributed by atoms with Gasteiger partial charge in [0.15, 0.2) is 0 Å².